The molecule has 124 valence electrons. The molecule has 2 aromatic rings. The van der Waals surface area contributed by atoms with E-state index in [-0.39, 0.29) is 11.0 Å². The van der Waals surface area contributed by atoms with E-state index in [1.54, 1.807) is 6.92 Å². The zero-order valence-electron chi connectivity index (χ0n) is 13.7. The second kappa shape index (κ2) is 6.29. The molecule has 0 aliphatic carbocycles. The third kappa shape index (κ3) is 3.70. The quantitative estimate of drug-likeness (QED) is 0.916. The highest BCUT2D eigenvalue weighted by Gasteiger charge is 2.21. The monoisotopic (exact) mass is 353 g/mol. The van der Waals surface area contributed by atoms with E-state index in [2.05, 4.69) is 10.3 Å². The molecule has 1 heterocycles. The molecule has 0 saturated heterocycles. The molecule has 0 unspecified atom stereocenters. The molecule has 23 heavy (non-hydrogen) atoms. The van der Waals surface area contributed by atoms with Gasteiger partial charge in [0.25, 0.3) is 5.91 Å². The molecule has 0 saturated carbocycles. The number of rotatable bonds is 4. The molecule has 1 amide bonds. The number of hydrogen-bond acceptors (Lipinski definition) is 5. The number of hydrogen-bond donors (Lipinski definition) is 1. The van der Waals surface area contributed by atoms with Gasteiger partial charge in [-0.1, -0.05) is 23.5 Å². The Kier molecular flexibility index (Phi) is 4.76. The lowest BCUT2D eigenvalue weighted by Gasteiger charge is -2.11. The van der Waals surface area contributed by atoms with E-state index in [4.69, 9.17) is 0 Å². The summed E-state index contributed by atoms with van der Waals surface area (Å²) in [6, 6.07) is 5.68. The summed E-state index contributed by atoms with van der Waals surface area (Å²) in [6.45, 7) is 5.60. The van der Waals surface area contributed by atoms with E-state index >= 15 is 0 Å². The Bertz CT molecular complexity index is 857. The Morgan fingerprint density at radius 2 is 1.91 bits per heavy atom. The normalized spacial score (nSPS) is 11.3. The minimum Gasteiger partial charge on any atom is -0.321 e. The van der Waals surface area contributed by atoms with Gasteiger partial charge in [-0.05, 0) is 38.0 Å². The summed E-state index contributed by atoms with van der Waals surface area (Å²) in [6.07, 6.45) is 1.10. The molecular formula is C15H19N3O3S2. The van der Waals surface area contributed by atoms with Crippen LogP contribution in [0.4, 0.5) is 10.8 Å². The average molecular weight is 353 g/mol. The number of benzene rings is 1. The molecule has 0 aliphatic rings. The van der Waals surface area contributed by atoms with E-state index in [9.17, 15) is 13.2 Å². The molecule has 0 bridgehead atoms. The van der Waals surface area contributed by atoms with Crippen LogP contribution in [-0.2, 0) is 10.0 Å². The van der Waals surface area contributed by atoms with Crippen LogP contribution in [0.5, 0.6) is 0 Å². The molecule has 1 aromatic carbocycles. The molecule has 0 aliphatic heterocycles. The van der Waals surface area contributed by atoms with E-state index in [0.717, 1.165) is 38.7 Å². The van der Waals surface area contributed by atoms with Crippen molar-refractivity contribution in [2.24, 2.45) is 0 Å². The maximum atomic E-state index is 12.5. The van der Waals surface area contributed by atoms with Crippen LogP contribution in [0.15, 0.2) is 18.2 Å². The van der Waals surface area contributed by atoms with Gasteiger partial charge in [0.2, 0.25) is 10.0 Å². The number of sulfonamides is 1. The van der Waals surface area contributed by atoms with Crippen LogP contribution in [0.25, 0.3) is 0 Å². The van der Waals surface area contributed by atoms with E-state index in [1.807, 2.05) is 32.0 Å². The number of aryl methyl sites for hydroxylation is 2. The Morgan fingerprint density at radius 3 is 2.52 bits per heavy atom. The van der Waals surface area contributed by atoms with Crippen LogP contribution >= 0.6 is 11.3 Å². The number of carbonyl (C=O) groups excluding carboxylic acids is 1. The highest BCUT2D eigenvalue weighted by atomic mass is 32.2. The fourth-order valence-electron chi connectivity index (χ4n) is 1.93. The highest BCUT2D eigenvalue weighted by molar-refractivity contribution is 7.92. The summed E-state index contributed by atoms with van der Waals surface area (Å²) in [5, 5.41) is 3.14. The first-order valence-electron chi connectivity index (χ1n) is 6.90. The second-order valence-electron chi connectivity index (χ2n) is 5.34. The van der Waals surface area contributed by atoms with E-state index in [1.165, 1.54) is 7.05 Å². The molecule has 1 aromatic heterocycles. The number of thiazole rings is 1. The fourth-order valence-corrected chi connectivity index (χ4v) is 3.61. The highest BCUT2D eigenvalue weighted by Crippen LogP contribution is 2.28. The summed E-state index contributed by atoms with van der Waals surface area (Å²) in [4.78, 5) is 17.1. The van der Waals surface area contributed by atoms with Gasteiger partial charge in [-0.25, -0.2) is 17.7 Å². The minimum absolute atomic E-state index is 0.274. The minimum atomic E-state index is -3.41. The lowest BCUT2D eigenvalue weighted by molar-refractivity contribution is 0.102. The number of anilines is 2. The van der Waals surface area contributed by atoms with Crippen LogP contribution in [0, 0.1) is 20.8 Å². The lowest BCUT2D eigenvalue weighted by Crippen LogP contribution is -2.24. The molecule has 2 rings (SSSR count). The number of nitrogens with zero attached hydrogens (tertiary/aromatic N) is 2. The third-order valence-corrected chi connectivity index (χ3v) is 6.13. The van der Waals surface area contributed by atoms with Gasteiger partial charge >= 0.3 is 0 Å². The average Bonchev–Trinajstić information content (AvgIpc) is 2.84. The SMILES string of the molecule is Cc1cccc(NC(=O)c2sc(N(C)S(C)(=O)=O)nc2C)c1C. The van der Waals surface area contributed by atoms with Gasteiger partial charge in [-0.2, -0.15) is 0 Å². The lowest BCUT2D eigenvalue weighted by atomic mass is 10.1. The predicted octanol–water partition coefficient (Wildman–Crippen LogP) is 2.72. The first kappa shape index (κ1) is 17.4. The maximum absolute atomic E-state index is 12.5. The Balaban J connectivity index is 2.30. The van der Waals surface area contributed by atoms with Crippen LogP contribution in [0.3, 0.4) is 0 Å². The zero-order chi connectivity index (χ0) is 17.4. The van der Waals surface area contributed by atoms with E-state index in [0.29, 0.717) is 10.6 Å². The first-order chi connectivity index (χ1) is 10.6. The number of nitrogens with one attached hydrogen (secondary N) is 1. The summed E-state index contributed by atoms with van der Waals surface area (Å²) in [7, 11) is -1.99. The van der Waals surface area contributed by atoms with Crippen LogP contribution < -0.4 is 9.62 Å². The molecule has 0 radical (unpaired) electrons. The summed E-state index contributed by atoms with van der Waals surface area (Å²) in [5.74, 6) is -0.290. The first-order valence-corrected chi connectivity index (χ1v) is 9.56. The number of amides is 1. The second-order valence-corrected chi connectivity index (χ2v) is 8.33. The van der Waals surface area contributed by atoms with Gasteiger partial charge in [-0.3, -0.25) is 4.79 Å². The summed E-state index contributed by atoms with van der Waals surface area (Å²) < 4.78 is 24.2. The number of aromatic nitrogens is 1. The predicted molar refractivity (Wildman–Crippen MR) is 94.0 cm³/mol. The molecule has 8 heteroatoms. The molecule has 6 nitrogen and oxygen atoms in total. The van der Waals surface area contributed by atoms with Crippen LogP contribution in [-0.4, -0.2) is 32.6 Å². The summed E-state index contributed by atoms with van der Waals surface area (Å²) in [5.41, 5.74) is 3.32. The smallest absolute Gasteiger partial charge is 0.267 e. The zero-order valence-corrected chi connectivity index (χ0v) is 15.3. The standard InChI is InChI=1S/C15H19N3O3S2/c1-9-7-6-8-12(10(9)2)17-14(19)13-11(3)16-15(22-13)18(4)23(5,20)21/h6-8H,1-5H3,(H,17,19). The van der Waals surface area contributed by atoms with Crippen molar-refractivity contribution in [1.82, 2.24) is 4.98 Å². The van der Waals surface area contributed by atoms with Crippen molar-refractivity contribution in [2.45, 2.75) is 20.8 Å². The Morgan fingerprint density at radius 1 is 1.26 bits per heavy atom. The molecule has 0 fully saturated rings. The largest absolute Gasteiger partial charge is 0.321 e. The molecule has 0 atom stereocenters. The van der Waals surface area contributed by atoms with Crippen LogP contribution in [0.1, 0.15) is 26.5 Å². The topological polar surface area (TPSA) is 79.4 Å². The van der Waals surface area contributed by atoms with Gasteiger partial charge in [0, 0.05) is 12.7 Å². The molecular weight excluding hydrogens is 334 g/mol. The Hall–Kier alpha value is -1.93. The number of carbonyl (C=O) groups is 1. The molecule has 0 spiro atoms. The van der Waals surface area contributed by atoms with Crippen molar-refractivity contribution >= 4 is 38.1 Å². The Labute approximate surface area is 140 Å². The third-order valence-electron chi connectivity index (χ3n) is 3.61. The fraction of sp³-hybridized carbons (Fsp3) is 0.333. The van der Waals surface area contributed by atoms with Gasteiger partial charge in [0.15, 0.2) is 5.13 Å². The van der Waals surface area contributed by atoms with Gasteiger partial charge in [0.1, 0.15) is 4.88 Å². The van der Waals surface area contributed by atoms with Gasteiger partial charge in [0.05, 0.1) is 11.9 Å². The van der Waals surface area contributed by atoms with Gasteiger partial charge in [-0.15, -0.1) is 0 Å². The van der Waals surface area contributed by atoms with Crippen molar-refractivity contribution in [2.75, 3.05) is 22.9 Å². The van der Waals surface area contributed by atoms with Crippen molar-refractivity contribution < 1.29 is 13.2 Å². The van der Waals surface area contributed by atoms with Crippen molar-refractivity contribution in [1.29, 1.82) is 0 Å². The van der Waals surface area contributed by atoms with Crippen molar-refractivity contribution in [3.8, 4) is 0 Å². The molecule has 1 N–H and O–H groups in total. The maximum Gasteiger partial charge on any atom is 0.267 e. The van der Waals surface area contributed by atoms with Crippen LogP contribution in [0.2, 0.25) is 0 Å². The van der Waals surface area contributed by atoms with Crippen molar-refractivity contribution in [3.05, 3.63) is 39.9 Å². The summed E-state index contributed by atoms with van der Waals surface area (Å²) >= 11 is 1.06. The van der Waals surface area contributed by atoms with Crippen molar-refractivity contribution in [3.63, 3.8) is 0 Å². The van der Waals surface area contributed by atoms with E-state index < -0.39 is 10.0 Å². The van der Waals surface area contributed by atoms with Gasteiger partial charge < -0.3 is 5.32 Å².